The van der Waals surface area contributed by atoms with Crippen molar-refractivity contribution in [3.63, 3.8) is 0 Å². The molecule has 0 heterocycles. The number of hydrogen-bond acceptors (Lipinski definition) is 2. The SMILES string of the molecule is CC(C)CC(C)(C)CNC(=O)N(C)CC(C)(C)O. The number of hydrogen-bond donors (Lipinski definition) is 2. The summed E-state index contributed by atoms with van der Waals surface area (Å²) < 4.78 is 0. The highest BCUT2D eigenvalue weighted by Crippen LogP contribution is 2.24. The smallest absolute Gasteiger partial charge is 0.317 e. The van der Waals surface area contributed by atoms with Crippen LogP contribution < -0.4 is 5.32 Å². The number of amides is 2. The van der Waals surface area contributed by atoms with Gasteiger partial charge in [-0.1, -0.05) is 27.7 Å². The molecule has 4 nitrogen and oxygen atoms in total. The number of likely N-dealkylation sites (N-methyl/N-ethyl adjacent to an activating group) is 1. The first-order valence-corrected chi connectivity index (χ1v) is 6.64. The topological polar surface area (TPSA) is 52.6 Å². The van der Waals surface area contributed by atoms with Gasteiger partial charge in [0.05, 0.1) is 12.1 Å². The lowest BCUT2D eigenvalue weighted by molar-refractivity contribution is 0.0528. The average molecular weight is 258 g/mol. The summed E-state index contributed by atoms with van der Waals surface area (Å²) in [7, 11) is 1.70. The monoisotopic (exact) mass is 258 g/mol. The molecule has 0 aliphatic heterocycles. The van der Waals surface area contributed by atoms with Gasteiger partial charge in [0.15, 0.2) is 0 Å². The maximum atomic E-state index is 11.9. The van der Waals surface area contributed by atoms with Gasteiger partial charge in [0.25, 0.3) is 0 Å². The maximum absolute atomic E-state index is 11.9. The van der Waals surface area contributed by atoms with E-state index in [0.717, 1.165) is 6.42 Å². The molecule has 0 saturated carbocycles. The summed E-state index contributed by atoms with van der Waals surface area (Å²) in [6, 6.07) is -0.131. The maximum Gasteiger partial charge on any atom is 0.317 e. The van der Waals surface area contributed by atoms with Crippen LogP contribution in [0.3, 0.4) is 0 Å². The quantitative estimate of drug-likeness (QED) is 0.769. The van der Waals surface area contributed by atoms with Gasteiger partial charge in [-0.3, -0.25) is 0 Å². The van der Waals surface area contributed by atoms with E-state index in [1.165, 1.54) is 4.90 Å². The molecule has 2 N–H and O–H groups in total. The van der Waals surface area contributed by atoms with Crippen molar-refractivity contribution >= 4 is 6.03 Å². The Morgan fingerprint density at radius 1 is 1.28 bits per heavy atom. The van der Waals surface area contributed by atoms with E-state index in [2.05, 4.69) is 33.0 Å². The van der Waals surface area contributed by atoms with Gasteiger partial charge in [0, 0.05) is 13.6 Å². The largest absolute Gasteiger partial charge is 0.389 e. The summed E-state index contributed by atoms with van der Waals surface area (Å²) >= 11 is 0. The van der Waals surface area contributed by atoms with Crippen molar-refractivity contribution in [3.05, 3.63) is 0 Å². The minimum atomic E-state index is -0.862. The average Bonchev–Trinajstić information content (AvgIpc) is 2.09. The third kappa shape index (κ3) is 8.34. The number of rotatable bonds is 6. The molecule has 0 aromatic carbocycles. The lowest BCUT2D eigenvalue weighted by Crippen LogP contribution is -2.46. The molecule has 0 aliphatic rings. The Labute approximate surface area is 112 Å². The summed E-state index contributed by atoms with van der Waals surface area (Å²) in [6.45, 7) is 13.0. The molecule has 4 heteroatoms. The number of aliphatic hydroxyl groups is 1. The molecule has 2 amide bonds. The Bertz CT molecular complexity index is 267. The van der Waals surface area contributed by atoms with Gasteiger partial charge >= 0.3 is 6.03 Å². The molecule has 0 aromatic heterocycles. The predicted molar refractivity (Wildman–Crippen MR) is 75.6 cm³/mol. The fourth-order valence-corrected chi connectivity index (χ4v) is 2.28. The van der Waals surface area contributed by atoms with Crippen molar-refractivity contribution in [2.24, 2.45) is 11.3 Å². The molecule has 0 spiro atoms. The van der Waals surface area contributed by atoms with Crippen molar-refractivity contribution in [2.75, 3.05) is 20.1 Å². The van der Waals surface area contributed by atoms with Gasteiger partial charge in [0.2, 0.25) is 0 Å². The summed E-state index contributed by atoms with van der Waals surface area (Å²) in [5.74, 6) is 0.617. The third-order valence-electron chi connectivity index (χ3n) is 2.65. The van der Waals surface area contributed by atoms with Crippen molar-refractivity contribution < 1.29 is 9.90 Å². The standard InChI is InChI=1S/C14H30N2O2/c1-11(2)8-13(3,4)9-15-12(17)16(7)10-14(5,6)18/h11,18H,8-10H2,1-7H3,(H,15,17). The van der Waals surface area contributed by atoms with E-state index in [-0.39, 0.29) is 11.4 Å². The Morgan fingerprint density at radius 3 is 2.17 bits per heavy atom. The molecule has 108 valence electrons. The summed E-state index contributed by atoms with van der Waals surface area (Å²) in [5, 5.41) is 12.6. The number of carbonyl (C=O) groups excluding carboxylic acids is 1. The molecular weight excluding hydrogens is 228 g/mol. The van der Waals surface area contributed by atoms with Crippen molar-refractivity contribution in [3.8, 4) is 0 Å². The normalized spacial score (nSPS) is 12.7. The molecule has 18 heavy (non-hydrogen) atoms. The van der Waals surface area contributed by atoms with Gasteiger partial charge < -0.3 is 15.3 Å². The second-order valence-corrected chi connectivity index (χ2v) is 7.09. The highest BCUT2D eigenvalue weighted by molar-refractivity contribution is 5.73. The van der Waals surface area contributed by atoms with Gasteiger partial charge in [0.1, 0.15) is 0 Å². The van der Waals surface area contributed by atoms with Gasteiger partial charge in [-0.2, -0.15) is 0 Å². The Hall–Kier alpha value is -0.770. The van der Waals surface area contributed by atoms with E-state index in [1.54, 1.807) is 20.9 Å². The fourth-order valence-electron chi connectivity index (χ4n) is 2.28. The summed E-state index contributed by atoms with van der Waals surface area (Å²) in [5.41, 5.74) is -0.765. The van der Waals surface area contributed by atoms with Crippen molar-refractivity contribution in [2.45, 2.75) is 53.6 Å². The minimum Gasteiger partial charge on any atom is -0.389 e. The van der Waals surface area contributed by atoms with Gasteiger partial charge in [-0.15, -0.1) is 0 Å². The van der Waals surface area contributed by atoms with Crippen molar-refractivity contribution in [1.29, 1.82) is 0 Å². The molecule has 0 unspecified atom stereocenters. The van der Waals surface area contributed by atoms with E-state index < -0.39 is 5.60 Å². The molecule has 0 fully saturated rings. The first kappa shape index (κ1) is 17.2. The number of nitrogens with one attached hydrogen (secondary N) is 1. The van der Waals surface area contributed by atoms with Crippen LogP contribution in [0, 0.1) is 11.3 Å². The Kier molecular flexibility index (Phi) is 6.14. The molecule has 0 saturated heterocycles. The predicted octanol–water partition coefficient (Wildman–Crippen LogP) is 2.47. The summed E-state index contributed by atoms with van der Waals surface area (Å²) in [4.78, 5) is 13.4. The zero-order chi connectivity index (χ0) is 14.6. The van der Waals surface area contributed by atoms with E-state index in [0.29, 0.717) is 19.0 Å². The first-order valence-electron chi connectivity index (χ1n) is 6.64. The van der Waals surface area contributed by atoms with Crippen LogP contribution in [-0.4, -0.2) is 41.8 Å². The highest BCUT2D eigenvalue weighted by Gasteiger charge is 2.23. The summed E-state index contributed by atoms with van der Waals surface area (Å²) in [6.07, 6.45) is 1.07. The lowest BCUT2D eigenvalue weighted by Gasteiger charge is -2.30. The zero-order valence-corrected chi connectivity index (χ0v) is 13.0. The van der Waals surface area contributed by atoms with E-state index in [9.17, 15) is 9.90 Å². The van der Waals surface area contributed by atoms with Crippen LogP contribution in [0.2, 0.25) is 0 Å². The molecule has 0 radical (unpaired) electrons. The number of carbonyl (C=O) groups is 1. The van der Waals surface area contributed by atoms with E-state index in [4.69, 9.17) is 0 Å². The lowest BCUT2D eigenvalue weighted by atomic mass is 9.84. The van der Waals surface area contributed by atoms with Crippen molar-refractivity contribution in [1.82, 2.24) is 10.2 Å². The second-order valence-electron chi connectivity index (χ2n) is 7.09. The van der Waals surface area contributed by atoms with E-state index in [1.807, 2.05) is 0 Å². The van der Waals surface area contributed by atoms with Crippen LogP contribution in [-0.2, 0) is 0 Å². The Morgan fingerprint density at radius 2 is 1.78 bits per heavy atom. The Balaban J connectivity index is 4.17. The molecule has 0 rings (SSSR count). The molecule has 0 aromatic rings. The second kappa shape index (κ2) is 6.41. The van der Waals surface area contributed by atoms with Gasteiger partial charge in [-0.25, -0.2) is 4.79 Å². The van der Waals surface area contributed by atoms with Crippen LogP contribution in [0.5, 0.6) is 0 Å². The molecule has 0 aliphatic carbocycles. The van der Waals surface area contributed by atoms with E-state index >= 15 is 0 Å². The minimum absolute atomic E-state index is 0.0966. The fraction of sp³-hybridized carbons (Fsp3) is 0.929. The van der Waals surface area contributed by atoms with Crippen LogP contribution in [0.15, 0.2) is 0 Å². The number of urea groups is 1. The zero-order valence-electron chi connectivity index (χ0n) is 13.0. The van der Waals surface area contributed by atoms with Crippen LogP contribution in [0.1, 0.15) is 48.0 Å². The highest BCUT2D eigenvalue weighted by atomic mass is 16.3. The van der Waals surface area contributed by atoms with Gasteiger partial charge in [-0.05, 0) is 31.6 Å². The van der Waals surface area contributed by atoms with Crippen LogP contribution >= 0.6 is 0 Å². The third-order valence-corrected chi connectivity index (χ3v) is 2.65. The van der Waals surface area contributed by atoms with Crippen LogP contribution in [0.25, 0.3) is 0 Å². The first-order chi connectivity index (χ1) is 7.93. The molecule has 0 atom stereocenters. The number of nitrogens with zero attached hydrogens (tertiary/aromatic N) is 1. The molecule has 0 bridgehead atoms. The van der Waals surface area contributed by atoms with Crippen LogP contribution in [0.4, 0.5) is 4.79 Å². The molecular formula is C14H30N2O2.